The number of allylic oxidation sites excluding steroid dienone is 1. The molecule has 0 radical (unpaired) electrons. The van der Waals surface area contributed by atoms with Crippen molar-refractivity contribution in [1.82, 2.24) is 4.90 Å². The molecule has 0 saturated carbocycles. The van der Waals surface area contributed by atoms with Crippen LogP contribution in [-0.2, 0) is 19.1 Å². The zero-order valence-corrected chi connectivity index (χ0v) is 15.6. The number of nitrogens with zero attached hydrogens (tertiary/aromatic N) is 2. The standard InChI is InChI=1S/C18H18N2O5S/c1-9-14(17(23)24-4)15(20-16(22)10(2)26-18(20)19-9)12-5-7-13(8-6-12)25-11(3)21/h5-8,10,15H,1-4H3/t10-,15+/m1/s1. The van der Waals surface area contributed by atoms with Gasteiger partial charge in [-0.1, -0.05) is 23.9 Å². The molecule has 0 aliphatic carbocycles. The van der Waals surface area contributed by atoms with Crippen molar-refractivity contribution in [2.24, 2.45) is 4.99 Å². The zero-order chi connectivity index (χ0) is 19.0. The van der Waals surface area contributed by atoms with E-state index in [1.165, 1.54) is 30.7 Å². The van der Waals surface area contributed by atoms with Crippen molar-refractivity contribution in [3.63, 3.8) is 0 Å². The number of carbonyl (C=O) groups is 3. The lowest BCUT2D eigenvalue weighted by Crippen LogP contribution is -2.40. The normalized spacial score (nSPS) is 22.1. The number of esters is 2. The molecule has 1 aromatic carbocycles. The highest BCUT2D eigenvalue weighted by atomic mass is 32.2. The van der Waals surface area contributed by atoms with Crippen LogP contribution in [0.4, 0.5) is 0 Å². The fraction of sp³-hybridized carbons (Fsp3) is 0.333. The molecule has 0 spiro atoms. The lowest BCUT2D eigenvalue weighted by atomic mass is 9.94. The van der Waals surface area contributed by atoms with E-state index in [1.807, 2.05) is 6.92 Å². The Balaban J connectivity index is 2.08. The summed E-state index contributed by atoms with van der Waals surface area (Å²) in [5, 5.41) is 0.295. The van der Waals surface area contributed by atoms with Crippen molar-refractivity contribution < 1.29 is 23.9 Å². The van der Waals surface area contributed by atoms with Crippen molar-refractivity contribution in [3.05, 3.63) is 41.1 Å². The molecule has 2 heterocycles. The number of amides is 1. The van der Waals surface area contributed by atoms with E-state index in [0.29, 0.717) is 27.8 Å². The van der Waals surface area contributed by atoms with Gasteiger partial charge in [0.1, 0.15) is 5.75 Å². The molecule has 0 aromatic heterocycles. The highest BCUT2D eigenvalue weighted by molar-refractivity contribution is 8.15. The molecule has 8 heteroatoms. The first-order valence-corrected chi connectivity index (χ1v) is 8.87. The first-order valence-electron chi connectivity index (χ1n) is 7.99. The summed E-state index contributed by atoms with van der Waals surface area (Å²) in [5.74, 6) is -0.675. The number of thioether (sulfide) groups is 1. The average molecular weight is 374 g/mol. The van der Waals surface area contributed by atoms with Crippen LogP contribution in [0.25, 0.3) is 0 Å². The van der Waals surface area contributed by atoms with Crippen molar-refractivity contribution in [3.8, 4) is 5.75 Å². The van der Waals surface area contributed by atoms with Gasteiger partial charge in [0.15, 0.2) is 5.17 Å². The molecule has 0 bridgehead atoms. The number of hydrogen-bond acceptors (Lipinski definition) is 7. The second-order valence-corrected chi connectivity index (χ2v) is 7.23. The quantitative estimate of drug-likeness (QED) is 0.597. The number of rotatable bonds is 3. The molecule has 136 valence electrons. The number of methoxy groups -OCH3 is 1. The van der Waals surface area contributed by atoms with Gasteiger partial charge in [0.05, 0.1) is 29.7 Å². The summed E-state index contributed by atoms with van der Waals surface area (Å²) in [6.07, 6.45) is 0. The predicted molar refractivity (Wildman–Crippen MR) is 96.5 cm³/mol. The van der Waals surface area contributed by atoms with Crippen LogP contribution in [0.5, 0.6) is 5.75 Å². The van der Waals surface area contributed by atoms with Gasteiger partial charge in [0.2, 0.25) is 5.91 Å². The molecule has 2 atom stereocenters. The Labute approximate surface area is 155 Å². The van der Waals surface area contributed by atoms with Gasteiger partial charge < -0.3 is 9.47 Å². The number of aliphatic imine (C=N–C) groups is 1. The van der Waals surface area contributed by atoms with E-state index in [4.69, 9.17) is 9.47 Å². The molecule has 3 rings (SSSR count). The summed E-state index contributed by atoms with van der Waals surface area (Å²) in [4.78, 5) is 42.1. The van der Waals surface area contributed by atoms with E-state index in [9.17, 15) is 14.4 Å². The number of fused-ring (bicyclic) bond motifs is 1. The van der Waals surface area contributed by atoms with E-state index in [-0.39, 0.29) is 11.2 Å². The van der Waals surface area contributed by atoms with Crippen LogP contribution in [0.2, 0.25) is 0 Å². The van der Waals surface area contributed by atoms with Crippen LogP contribution in [0.1, 0.15) is 32.4 Å². The Morgan fingerprint density at radius 1 is 1.23 bits per heavy atom. The predicted octanol–water partition coefficient (Wildman–Crippen LogP) is 2.43. The zero-order valence-electron chi connectivity index (χ0n) is 14.8. The van der Waals surface area contributed by atoms with Crippen molar-refractivity contribution in [1.29, 1.82) is 0 Å². The van der Waals surface area contributed by atoms with E-state index in [0.717, 1.165) is 0 Å². The Hall–Kier alpha value is -2.61. The third kappa shape index (κ3) is 3.12. The Morgan fingerprint density at radius 2 is 1.88 bits per heavy atom. The second-order valence-electron chi connectivity index (χ2n) is 5.92. The van der Waals surface area contributed by atoms with E-state index >= 15 is 0 Å². The molecular weight excluding hydrogens is 356 g/mol. The summed E-state index contributed by atoms with van der Waals surface area (Å²) < 4.78 is 9.97. The maximum Gasteiger partial charge on any atom is 0.338 e. The topological polar surface area (TPSA) is 85.3 Å². The van der Waals surface area contributed by atoms with Gasteiger partial charge in [-0.3, -0.25) is 14.5 Å². The van der Waals surface area contributed by atoms with E-state index < -0.39 is 18.0 Å². The summed E-state index contributed by atoms with van der Waals surface area (Å²) in [6.45, 7) is 4.85. The molecule has 1 saturated heterocycles. The minimum Gasteiger partial charge on any atom is -0.466 e. The van der Waals surface area contributed by atoms with Crippen molar-refractivity contribution in [2.75, 3.05) is 7.11 Å². The average Bonchev–Trinajstić information content (AvgIpc) is 2.87. The second kappa shape index (κ2) is 6.95. The number of benzene rings is 1. The minimum absolute atomic E-state index is 0.114. The lowest BCUT2D eigenvalue weighted by Gasteiger charge is -2.32. The van der Waals surface area contributed by atoms with Crippen LogP contribution in [0, 0.1) is 0 Å². The molecule has 0 unspecified atom stereocenters. The molecule has 1 aromatic rings. The highest BCUT2D eigenvalue weighted by Gasteiger charge is 2.46. The van der Waals surface area contributed by atoms with Gasteiger partial charge >= 0.3 is 11.9 Å². The van der Waals surface area contributed by atoms with Crippen molar-refractivity contribution >= 4 is 34.8 Å². The van der Waals surface area contributed by atoms with Crippen LogP contribution in [0.15, 0.2) is 40.5 Å². The molecule has 2 aliphatic heterocycles. The maximum atomic E-state index is 12.7. The maximum absolute atomic E-state index is 12.7. The monoisotopic (exact) mass is 374 g/mol. The summed E-state index contributed by atoms with van der Waals surface area (Å²) in [7, 11) is 1.30. The Bertz CT molecular complexity index is 844. The van der Waals surface area contributed by atoms with Gasteiger partial charge in [-0.2, -0.15) is 0 Å². The molecule has 1 fully saturated rings. The van der Waals surface area contributed by atoms with Crippen molar-refractivity contribution in [2.45, 2.75) is 32.1 Å². The summed E-state index contributed by atoms with van der Waals surface area (Å²) in [6, 6.07) is 6.07. The minimum atomic E-state index is -0.633. The number of amidine groups is 1. The molecule has 26 heavy (non-hydrogen) atoms. The van der Waals surface area contributed by atoms with Gasteiger partial charge in [-0.05, 0) is 31.5 Å². The first kappa shape index (κ1) is 18.2. The number of ether oxygens (including phenoxy) is 2. The molecule has 7 nitrogen and oxygen atoms in total. The summed E-state index contributed by atoms with van der Waals surface area (Å²) in [5.41, 5.74) is 1.54. The largest absolute Gasteiger partial charge is 0.466 e. The molecule has 0 N–H and O–H groups in total. The van der Waals surface area contributed by atoms with Gasteiger partial charge in [0, 0.05) is 6.92 Å². The fourth-order valence-electron chi connectivity index (χ4n) is 2.97. The van der Waals surface area contributed by atoms with Crippen LogP contribution in [0.3, 0.4) is 0 Å². The number of carbonyl (C=O) groups excluding carboxylic acids is 3. The third-order valence-corrected chi connectivity index (χ3v) is 5.17. The Morgan fingerprint density at radius 3 is 2.46 bits per heavy atom. The molecular formula is C18H18N2O5S. The fourth-order valence-corrected chi connectivity index (χ4v) is 4.00. The SMILES string of the molecule is COC(=O)C1=C(C)N=C2S[C@H](C)C(=O)N2[C@H]1c1ccc(OC(C)=O)cc1. The Kier molecular flexibility index (Phi) is 4.86. The molecule has 1 amide bonds. The summed E-state index contributed by atoms with van der Waals surface area (Å²) >= 11 is 1.36. The highest BCUT2D eigenvalue weighted by Crippen LogP contribution is 2.43. The lowest BCUT2D eigenvalue weighted by molar-refractivity contribution is -0.137. The van der Waals surface area contributed by atoms with E-state index in [1.54, 1.807) is 31.2 Å². The third-order valence-electron chi connectivity index (χ3n) is 4.12. The first-order chi connectivity index (χ1) is 12.3. The van der Waals surface area contributed by atoms with E-state index in [2.05, 4.69) is 4.99 Å². The smallest absolute Gasteiger partial charge is 0.338 e. The van der Waals surface area contributed by atoms with Gasteiger partial charge in [-0.25, -0.2) is 9.79 Å². The number of hydrogen-bond donors (Lipinski definition) is 0. The van der Waals surface area contributed by atoms with Gasteiger partial charge in [0.25, 0.3) is 0 Å². The van der Waals surface area contributed by atoms with Crippen LogP contribution >= 0.6 is 11.8 Å². The van der Waals surface area contributed by atoms with Crippen LogP contribution in [-0.4, -0.2) is 40.3 Å². The van der Waals surface area contributed by atoms with Crippen LogP contribution < -0.4 is 4.74 Å². The van der Waals surface area contributed by atoms with Gasteiger partial charge in [-0.15, -0.1) is 0 Å². The molecule has 2 aliphatic rings.